The largest absolute Gasteiger partial charge is 0.489 e. The fourth-order valence-corrected chi connectivity index (χ4v) is 2.55. The van der Waals surface area contributed by atoms with E-state index in [-0.39, 0.29) is 24.3 Å². The summed E-state index contributed by atoms with van der Waals surface area (Å²) in [5, 5.41) is 13.9. The van der Waals surface area contributed by atoms with E-state index in [9.17, 15) is 9.59 Å². The molecule has 0 aliphatic heterocycles. The van der Waals surface area contributed by atoms with Gasteiger partial charge in [0.15, 0.2) is 0 Å². The number of carbonyl (C=O) groups excluding carboxylic acids is 2. The molecule has 0 aliphatic carbocycles. The minimum Gasteiger partial charge on any atom is -0.489 e. The van der Waals surface area contributed by atoms with E-state index in [1.807, 2.05) is 32.0 Å². The molecule has 1 aromatic carbocycles. The number of nitriles is 1. The van der Waals surface area contributed by atoms with Crippen LogP contribution in [0, 0.1) is 17.2 Å². The number of hydrogen-bond donors (Lipinski definition) is 2. The molecule has 28 heavy (non-hydrogen) atoms. The van der Waals surface area contributed by atoms with Crippen molar-refractivity contribution in [3.63, 3.8) is 0 Å². The Bertz CT molecular complexity index is 814. The summed E-state index contributed by atoms with van der Waals surface area (Å²) in [6.45, 7) is 4.22. The molecule has 0 radical (unpaired) electrons. The van der Waals surface area contributed by atoms with E-state index in [0.29, 0.717) is 24.3 Å². The number of pyridine rings is 1. The third kappa shape index (κ3) is 6.72. The second-order valence-corrected chi connectivity index (χ2v) is 6.71. The summed E-state index contributed by atoms with van der Waals surface area (Å²) >= 11 is 0. The molecule has 2 N–H and O–H groups in total. The Kier molecular flexibility index (Phi) is 7.97. The SMILES string of the molecule is CC(C)CC(NC(=O)c1ccc(OCc2cccnc2)cc1)C(=O)NCC#N. The molecular formula is C21H24N4O3. The van der Waals surface area contributed by atoms with Crippen LogP contribution in [-0.2, 0) is 11.4 Å². The van der Waals surface area contributed by atoms with Crippen LogP contribution in [0.25, 0.3) is 0 Å². The van der Waals surface area contributed by atoms with Gasteiger partial charge in [-0.15, -0.1) is 0 Å². The van der Waals surface area contributed by atoms with E-state index >= 15 is 0 Å². The van der Waals surface area contributed by atoms with Gasteiger partial charge in [0.2, 0.25) is 5.91 Å². The lowest BCUT2D eigenvalue weighted by atomic mass is 10.0. The van der Waals surface area contributed by atoms with Gasteiger partial charge in [0.25, 0.3) is 5.91 Å². The smallest absolute Gasteiger partial charge is 0.251 e. The van der Waals surface area contributed by atoms with Crippen molar-refractivity contribution in [1.29, 1.82) is 5.26 Å². The second-order valence-electron chi connectivity index (χ2n) is 6.71. The zero-order valence-corrected chi connectivity index (χ0v) is 16.0. The van der Waals surface area contributed by atoms with Crippen LogP contribution < -0.4 is 15.4 Å². The maximum atomic E-state index is 12.5. The highest BCUT2D eigenvalue weighted by molar-refractivity contribution is 5.97. The Balaban J connectivity index is 1.96. The summed E-state index contributed by atoms with van der Waals surface area (Å²) in [7, 11) is 0. The normalized spacial score (nSPS) is 11.4. The fourth-order valence-electron chi connectivity index (χ4n) is 2.55. The number of nitrogens with zero attached hydrogens (tertiary/aromatic N) is 2. The van der Waals surface area contributed by atoms with Gasteiger partial charge in [-0.3, -0.25) is 14.6 Å². The molecular weight excluding hydrogens is 356 g/mol. The molecule has 1 atom stereocenters. The summed E-state index contributed by atoms with van der Waals surface area (Å²) in [6.07, 6.45) is 3.91. The van der Waals surface area contributed by atoms with Gasteiger partial charge in [-0.2, -0.15) is 5.26 Å². The van der Waals surface area contributed by atoms with E-state index < -0.39 is 6.04 Å². The highest BCUT2D eigenvalue weighted by Gasteiger charge is 2.22. The molecule has 2 rings (SSSR count). The molecule has 2 aromatic rings. The van der Waals surface area contributed by atoms with Crippen molar-refractivity contribution in [2.75, 3.05) is 6.54 Å². The predicted octanol–water partition coefficient (Wildman–Crippen LogP) is 2.44. The third-order valence-electron chi connectivity index (χ3n) is 3.92. The van der Waals surface area contributed by atoms with Gasteiger partial charge in [0, 0.05) is 23.5 Å². The minimum atomic E-state index is -0.692. The zero-order valence-electron chi connectivity index (χ0n) is 16.0. The number of nitrogens with one attached hydrogen (secondary N) is 2. The molecule has 1 unspecified atom stereocenters. The van der Waals surface area contributed by atoms with E-state index in [4.69, 9.17) is 10.00 Å². The van der Waals surface area contributed by atoms with Gasteiger partial charge < -0.3 is 15.4 Å². The summed E-state index contributed by atoms with van der Waals surface area (Å²) in [5.41, 5.74) is 1.37. The summed E-state index contributed by atoms with van der Waals surface area (Å²) in [6, 6.07) is 11.6. The maximum absolute atomic E-state index is 12.5. The fraction of sp³-hybridized carbons (Fsp3) is 0.333. The molecule has 1 heterocycles. The molecule has 0 saturated heterocycles. The first-order valence-electron chi connectivity index (χ1n) is 9.07. The Morgan fingerprint density at radius 3 is 2.57 bits per heavy atom. The van der Waals surface area contributed by atoms with Gasteiger partial charge in [-0.1, -0.05) is 19.9 Å². The van der Waals surface area contributed by atoms with Gasteiger partial charge in [-0.25, -0.2) is 0 Å². The molecule has 0 fully saturated rings. The van der Waals surface area contributed by atoms with E-state index in [0.717, 1.165) is 5.56 Å². The zero-order chi connectivity index (χ0) is 20.4. The van der Waals surface area contributed by atoms with Crippen molar-refractivity contribution in [1.82, 2.24) is 15.6 Å². The molecule has 2 amide bonds. The predicted molar refractivity (Wildman–Crippen MR) is 104 cm³/mol. The van der Waals surface area contributed by atoms with Crippen LogP contribution in [0.5, 0.6) is 5.75 Å². The number of carbonyl (C=O) groups is 2. The first kappa shape index (κ1) is 20.9. The van der Waals surface area contributed by atoms with E-state index in [1.165, 1.54) is 0 Å². The number of amides is 2. The van der Waals surface area contributed by atoms with Crippen LogP contribution in [0.2, 0.25) is 0 Å². The van der Waals surface area contributed by atoms with Gasteiger partial charge in [0.05, 0.1) is 6.07 Å². The maximum Gasteiger partial charge on any atom is 0.251 e. The lowest BCUT2D eigenvalue weighted by Gasteiger charge is -2.19. The Labute approximate surface area is 164 Å². The van der Waals surface area contributed by atoms with Gasteiger partial charge >= 0.3 is 0 Å². The third-order valence-corrected chi connectivity index (χ3v) is 3.92. The Hall–Kier alpha value is -3.40. The van der Waals surface area contributed by atoms with Crippen molar-refractivity contribution in [3.8, 4) is 11.8 Å². The number of hydrogen-bond acceptors (Lipinski definition) is 5. The van der Waals surface area contributed by atoms with Gasteiger partial charge in [-0.05, 0) is 42.7 Å². The molecule has 7 nitrogen and oxygen atoms in total. The molecule has 0 aliphatic rings. The Morgan fingerprint density at radius 2 is 1.96 bits per heavy atom. The van der Waals surface area contributed by atoms with Crippen LogP contribution in [0.15, 0.2) is 48.8 Å². The van der Waals surface area contributed by atoms with Crippen molar-refractivity contribution < 1.29 is 14.3 Å². The number of ether oxygens (including phenoxy) is 1. The van der Waals surface area contributed by atoms with Crippen molar-refractivity contribution in [3.05, 3.63) is 59.9 Å². The standard InChI is InChI=1S/C21H24N4O3/c1-15(2)12-19(21(27)24-11-9-22)25-20(26)17-5-7-18(8-6-17)28-14-16-4-3-10-23-13-16/h3-8,10,13,15,19H,11-12,14H2,1-2H3,(H,24,27)(H,25,26). The molecule has 1 aromatic heterocycles. The quantitative estimate of drug-likeness (QED) is 0.650. The average Bonchev–Trinajstić information content (AvgIpc) is 2.70. The van der Waals surface area contributed by atoms with Crippen LogP contribution in [0.1, 0.15) is 36.2 Å². The second kappa shape index (κ2) is 10.7. The highest BCUT2D eigenvalue weighted by atomic mass is 16.5. The van der Waals surface area contributed by atoms with Crippen molar-refractivity contribution >= 4 is 11.8 Å². The van der Waals surface area contributed by atoms with Gasteiger partial charge in [0.1, 0.15) is 24.9 Å². The Morgan fingerprint density at radius 1 is 1.21 bits per heavy atom. The molecule has 0 saturated carbocycles. The average molecular weight is 380 g/mol. The molecule has 0 bridgehead atoms. The first-order chi connectivity index (χ1) is 13.5. The van der Waals surface area contributed by atoms with E-state index in [2.05, 4.69) is 15.6 Å². The summed E-state index contributed by atoms with van der Waals surface area (Å²) in [4.78, 5) is 28.7. The lowest BCUT2D eigenvalue weighted by Crippen LogP contribution is -2.47. The summed E-state index contributed by atoms with van der Waals surface area (Å²) in [5.74, 6) is 0.129. The van der Waals surface area contributed by atoms with Crippen molar-refractivity contribution in [2.24, 2.45) is 5.92 Å². The molecule has 7 heteroatoms. The molecule has 0 spiro atoms. The molecule has 146 valence electrons. The number of aromatic nitrogens is 1. The highest BCUT2D eigenvalue weighted by Crippen LogP contribution is 2.15. The summed E-state index contributed by atoms with van der Waals surface area (Å²) < 4.78 is 5.68. The topological polar surface area (TPSA) is 104 Å². The monoisotopic (exact) mass is 380 g/mol. The minimum absolute atomic E-state index is 0.0910. The van der Waals surface area contributed by atoms with E-state index in [1.54, 1.807) is 36.7 Å². The van der Waals surface area contributed by atoms with Crippen LogP contribution >= 0.6 is 0 Å². The van der Waals surface area contributed by atoms with Crippen LogP contribution in [0.4, 0.5) is 0 Å². The first-order valence-corrected chi connectivity index (χ1v) is 9.07. The lowest BCUT2D eigenvalue weighted by molar-refractivity contribution is -0.123. The van der Waals surface area contributed by atoms with Crippen molar-refractivity contribution in [2.45, 2.75) is 32.9 Å². The number of rotatable bonds is 9. The van der Waals surface area contributed by atoms with Crippen LogP contribution in [-0.4, -0.2) is 29.4 Å². The van der Waals surface area contributed by atoms with Crippen LogP contribution in [0.3, 0.4) is 0 Å². The number of benzene rings is 1.